The maximum absolute atomic E-state index is 13.2. The van der Waals surface area contributed by atoms with Crippen molar-refractivity contribution in [2.75, 3.05) is 18.0 Å². The van der Waals surface area contributed by atoms with E-state index in [-0.39, 0.29) is 17.5 Å². The van der Waals surface area contributed by atoms with Crippen molar-refractivity contribution < 1.29 is 17.2 Å². The van der Waals surface area contributed by atoms with Crippen LogP contribution in [0, 0.1) is 11.6 Å². The predicted molar refractivity (Wildman–Crippen MR) is 88.5 cm³/mol. The van der Waals surface area contributed by atoms with Gasteiger partial charge in [0.2, 0.25) is 10.0 Å². The van der Waals surface area contributed by atoms with Crippen LogP contribution in [-0.2, 0) is 16.4 Å². The number of sulfonamides is 1. The molecule has 24 heavy (non-hydrogen) atoms. The second-order valence-electron chi connectivity index (χ2n) is 5.85. The Hall–Kier alpha value is -1.99. The van der Waals surface area contributed by atoms with Gasteiger partial charge in [-0.2, -0.15) is 0 Å². The maximum atomic E-state index is 13.2. The second-order valence-corrected chi connectivity index (χ2v) is 7.62. The largest absolute Gasteiger partial charge is 0.367 e. The first-order chi connectivity index (χ1) is 11.4. The third-order valence-corrected chi connectivity index (χ3v) is 5.65. The molecule has 4 nitrogen and oxygen atoms in total. The Balaban J connectivity index is 1.70. The summed E-state index contributed by atoms with van der Waals surface area (Å²) in [6.45, 7) is 2.93. The van der Waals surface area contributed by atoms with Gasteiger partial charge in [0.1, 0.15) is 0 Å². The zero-order valence-electron chi connectivity index (χ0n) is 13.2. The van der Waals surface area contributed by atoms with Crippen molar-refractivity contribution in [3.05, 3.63) is 59.7 Å². The van der Waals surface area contributed by atoms with E-state index in [1.165, 1.54) is 5.56 Å². The summed E-state index contributed by atoms with van der Waals surface area (Å²) in [6, 6.07) is 10.5. The number of halogens is 2. The molecule has 7 heteroatoms. The Morgan fingerprint density at radius 1 is 1.17 bits per heavy atom. The van der Waals surface area contributed by atoms with Crippen LogP contribution in [0.2, 0.25) is 0 Å². The normalized spacial score (nSPS) is 15.4. The second kappa shape index (κ2) is 6.49. The molecule has 3 rings (SSSR count). The van der Waals surface area contributed by atoms with Crippen LogP contribution in [0.3, 0.4) is 0 Å². The number of anilines is 1. The van der Waals surface area contributed by atoms with Crippen LogP contribution >= 0.6 is 0 Å². The van der Waals surface area contributed by atoms with Crippen LogP contribution in [0.25, 0.3) is 0 Å². The summed E-state index contributed by atoms with van der Waals surface area (Å²) >= 11 is 0. The highest BCUT2D eigenvalue weighted by Gasteiger charge is 2.24. The number of nitrogens with zero attached hydrogens (tertiary/aromatic N) is 1. The highest BCUT2D eigenvalue weighted by molar-refractivity contribution is 7.89. The Labute approximate surface area is 140 Å². The summed E-state index contributed by atoms with van der Waals surface area (Å²) in [5.41, 5.74) is 2.35. The molecule has 0 saturated carbocycles. The number of nitrogens with one attached hydrogen (secondary N) is 1. The molecule has 0 bridgehead atoms. The third-order valence-electron chi connectivity index (χ3n) is 4.23. The summed E-state index contributed by atoms with van der Waals surface area (Å²) in [7, 11) is -3.88. The van der Waals surface area contributed by atoms with Gasteiger partial charge < -0.3 is 4.90 Å². The fourth-order valence-corrected chi connectivity index (χ4v) is 4.02. The van der Waals surface area contributed by atoms with Crippen molar-refractivity contribution in [1.82, 2.24) is 4.72 Å². The fourth-order valence-electron chi connectivity index (χ4n) is 2.89. The molecule has 0 aliphatic carbocycles. The molecule has 0 saturated heterocycles. The van der Waals surface area contributed by atoms with Gasteiger partial charge in [-0.3, -0.25) is 0 Å². The molecule has 0 amide bonds. The van der Waals surface area contributed by atoms with Crippen molar-refractivity contribution in [2.45, 2.75) is 24.3 Å². The monoisotopic (exact) mass is 352 g/mol. The van der Waals surface area contributed by atoms with Crippen LogP contribution in [0.15, 0.2) is 47.4 Å². The molecule has 1 aliphatic heterocycles. The van der Waals surface area contributed by atoms with E-state index in [4.69, 9.17) is 0 Å². The molecule has 1 atom stereocenters. The smallest absolute Gasteiger partial charge is 0.240 e. The number of para-hydroxylation sites is 1. The van der Waals surface area contributed by atoms with E-state index >= 15 is 0 Å². The molecule has 1 aliphatic rings. The lowest BCUT2D eigenvalue weighted by Gasteiger charge is -2.27. The van der Waals surface area contributed by atoms with Gasteiger partial charge in [0, 0.05) is 24.8 Å². The van der Waals surface area contributed by atoms with Gasteiger partial charge in [0.05, 0.1) is 4.90 Å². The van der Waals surface area contributed by atoms with Crippen molar-refractivity contribution in [1.29, 1.82) is 0 Å². The highest BCUT2D eigenvalue weighted by Crippen LogP contribution is 2.29. The average molecular weight is 352 g/mol. The first-order valence-corrected chi connectivity index (χ1v) is 9.16. The quantitative estimate of drug-likeness (QED) is 0.900. The van der Waals surface area contributed by atoms with Gasteiger partial charge in [-0.1, -0.05) is 18.2 Å². The molecule has 2 aromatic carbocycles. The topological polar surface area (TPSA) is 49.4 Å². The summed E-state index contributed by atoms with van der Waals surface area (Å²) in [5.74, 6) is -2.25. The van der Waals surface area contributed by atoms with Crippen LogP contribution < -0.4 is 9.62 Å². The summed E-state index contributed by atoms with van der Waals surface area (Å²) < 4.78 is 53.1. The standard InChI is InChI=1S/C17H18F2N2O2S/c1-12(21-9-8-13-4-2-3-5-17(13)21)11-20-24(22,23)14-6-7-15(18)16(19)10-14/h2-7,10,12,20H,8-9,11H2,1H3. The van der Waals surface area contributed by atoms with Gasteiger partial charge in [-0.05, 0) is 43.2 Å². The highest BCUT2D eigenvalue weighted by atomic mass is 32.2. The zero-order chi connectivity index (χ0) is 17.3. The number of rotatable bonds is 5. The maximum Gasteiger partial charge on any atom is 0.240 e. The van der Waals surface area contributed by atoms with Crippen molar-refractivity contribution in [2.24, 2.45) is 0 Å². The number of hydrogen-bond donors (Lipinski definition) is 1. The minimum absolute atomic E-state index is 0.0614. The third kappa shape index (κ3) is 3.27. The average Bonchev–Trinajstić information content (AvgIpc) is 2.99. The van der Waals surface area contributed by atoms with Crippen LogP contribution in [0.1, 0.15) is 12.5 Å². The number of fused-ring (bicyclic) bond motifs is 1. The van der Waals surface area contributed by atoms with Crippen LogP contribution in [0.4, 0.5) is 14.5 Å². The summed E-state index contributed by atoms with van der Waals surface area (Å²) in [5, 5.41) is 0. The van der Waals surface area contributed by atoms with E-state index in [1.54, 1.807) is 0 Å². The SMILES string of the molecule is CC(CNS(=O)(=O)c1ccc(F)c(F)c1)N1CCc2ccccc21. The first kappa shape index (κ1) is 16.9. The van der Waals surface area contributed by atoms with Crippen molar-refractivity contribution >= 4 is 15.7 Å². The Bertz CT molecular complexity index is 855. The van der Waals surface area contributed by atoms with Gasteiger partial charge in [0.15, 0.2) is 11.6 Å². The first-order valence-electron chi connectivity index (χ1n) is 7.68. The predicted octanol–water partition coefficient (Wildman–Crippen LogP) is 2.69. The molecular formula is C17H18F2N2O2S. The van der Waals surface area contributed by atoms with E-state index in [0.717, 1.165) is 30.8 Å². The molecule has 1 N–H and O–H groups in total. The van der Waals surface area contributed by atoms with E-state index in [2.05, 4.69) is 15.7 Å². The molecular weight excluding hydrogens is 334 g/mol. The minimum atomic E-state index is -3.88. The molecule has 0 spiro atoms. The van der Waals surface area contributed by atoms with E-state index in [9.17, 15) is 17.2 Å². The Morgan fingerprint density at radius 3 is 2.67 bits per heavy atom. The van der Waals surface area contributed by atoms with Gasteiger partial charge in [-0.15, -0.1) is 0 Å². The van der Waals surface area contributed by atoms with Crippen molar-refractivity contribution in [3.63, 3.8) is 0 Å². The molecule has 0 aromatic heterocycles. The Kier molecular flexibility index (Phi) is 4.56. The summed E-state index contributed by atoms with van der Waals surface area (Å²) in [4.78, 5) is 1.86. The van der Waals surface area contributed by atoms with Gasteiger partial charge in [-0.25, -0.2) is 21.9 Å². The van der Waals surface area contributed by atoms with E-state index < -0.39 is 21.7 Å². The Morgan fingerprint density at radius 2 is 1.92 bits per heavy atom. The number of hydrogen-bond acceptors (Lipinski definition) is 3. The lowest BCUT2D eigenvalue weighted by molar-refractivity contribution is 0.504. The lowest BCUT2D eigenvalue weighted by Crippen LogP contribution is -2.41. The molecule has 0 fully saturated rings. The fraction of sp³-hybridized carbons (Fsp3) is 0.294. The summed E-state index contributed by atoms with van der Waals surface area (Å²) in [6.07, 6.45) is 0.927. The zero-order valence-corrected chi connectivity index (χ0v) is 14.0. The van der Waals surface area contributed by atoms with E-state index in [0.29, 0.717) is 6.07 Å². The molecule has 128 valence electrons. The number of benzene rings is 2. The molecule has 1 unspecified atom stereocenters. The minimum Gasteiger partial charge on any atom is -0.367 e. The van der Waals surface area contributed by atoms with Gasteiger partial charge in [0.25, 0.3) is 0 Å². The van der Waals surface area contributed by atoms with Crippen molar-refractivity contribution in [3.8, 4) is 0 Å². The molecule has 0 radical (unpaired) electrons. The lowest BCUT2D eigenvalue weighted by atomic mass is 10.2. The van der Waals surface area contributed by atoms with Crippen LogP contribution in [-0.4, -0.2) is 27.5 Å². The molecule has 1 heterocycles. The van der Waals surface area contributed by atoms with E-state index in [1.807, 2.05) is 25.1 Å². The molecule has 2 aromatic rings. The van der Waals surface area contributed by atoms with Gasteiger partial charge >= 0.3 is 0 Å². The van der Waals surface area contributed by atoms with Crippen LogP contribution in [0.5, 0.6) is 0 Å².